The largest absolute Gasteiger partial charge is 0.473 e. The van der Waals surface area contributed by atoms with Gasteiger partial charge in [-0.15, -0.1) is 6.42 Å². The molecule has 0 aliphatic carbocycles. The highest BCUT2D eigenvalue weighted by Crippen LogP contribution is 2.32. The highest BCUT2D eigenvalue weighted by molar-refractivity contribution is 6.36. The standard InChI is InChI=1S/C15H9Cl2O/c1-2-14(18-11-7-4-3-5-8-11)15-12(16)9-6-10-13(15)17/h1,4-10,14H. The topological polar surface area (TPSA) is 9.23 Å². The van der Waals surface area contributed by atoms with Gasteiger partial charge in [0.15, 0.2) is 6.10 Å². The predicted octanol–water partition coefficient (Wildman–Crippen LogP) is 4.55. The minimum atomic E-state index is -0.617. The van der Waals surface area contributed by atoms with E-state index in [-0.39, 0.29) is 0 Å². The van der Waals surface area contributed by atoms with Crippen LogP contribution in [0.5, 0.6) is 5.75 Å². The monoisotopic (exact) mass is 275 g/mol. The highest BCUT2D eigenvalue weighted by atomic mass is 35.5. The van der Waals surface area contributed by atoms with Crippen LogP contribution in [0.2, 0.25) is 10.0 Å². The molecule has 89 valence electrons. The summed E-state index contributed by atoms with van der Waals surface area (Å²) in [6, 6.07) is 15.2. The maximum absolute atomic E-state index is 6.10. The zero-order valence-electron chi connectivity index (χ0n) is 9.36. The van der Waals surface area contributed by atoms with Crippen LogP contribution in [0.25, 0.3) is 0 Å². The van der Waals surface area contributed by atoms with Gasteiger partial charge in [-0.1, -0.05) is 47.3 Å². The smallest absolute Gasteiger partial charge is 0.186 e. The Morgan fingerprint density at radius 2 is 1.72 bits per heavy atom. The van der Waals surface area contributed by atoms with E-state index in [2.05, 4.69) is 12.0 Å². The second-order valence-corrected chi connectivity index (χ2v) is 4.35. The minimum absolute atomic E-state index is 0.493. The zero-order valence-corrected chi connectivity index (χ0v) is 10.9. The number of hydrogen-bond acceptors (Lipinski definition) is 1. The van der Waals surface area contributed by atoms with E-state index < -0.39 is 6.10 Å². The molecule has 1 radical (unpaired) electrons. The predicted molar refractivity (Wildman–Crippen MR) is 73.9 cm³/mol. The Bertz CT molecular complexity index is 553. The Morgan fingerprint density at radius 1 is 1.11 bits per heavy atom. The van der Waals surface area contributed by atoms with E-state index in [1.165, 1.54) is 0 Å². The average molecular weight is 276 g/mol. The molecule has 0 bridgehead atoms. The fourth-order valence-electron chi connectivity index (χ4n) is 1.52. The first-order valence-electron chi connectivity index (χ1n) is 5.25. The molecule has 2 aromatic rings. The summed E-state index contributed by atoms with van der Waals surface area (Å²) in [5.74, 6) is 3.19. The van der Waals surface area contributed by atoms with Crippen molar-refractivity contribution >= 4 is 23.2 Å². The molecule has 0 saturated carbocycles. The number of terminal acetylenes is 1. The highest BCUT2D eigenvalue weighted by Gasteiger charge is 2.17. The van der Waals surface area contributed by atoms with Gasteiger partial charge in [0.2, 0.25) is 0 Å². The van der Waals surface area contributed by atoms with Gasteiger partial charge in [0.05, 0.1) is 0 Å². The van der Waals surface area contributed by atoms with Gasteiger partial charge < -0.3 is 4.74 Å². The summed E-state index contributed by atoms with van der Waals surface area (Å²) in [6.07, 6.45) is 4.87. The quantitative estimate of drug-likeness (QED) is 0.747. The van der Waals surface area contributed by atoms with E-state index in [0.29, 0.717) is 21.4 Å². The van der Waals surface area contributed by atoms with E-state index in [4.69, 9.17) is 34.4 Å². The average Bonchev–Trinajstić information content (AvgIpc) is 2.38. The Kier molecular flexibility index (Phi) is 4.15. The first-order valence-corrected chi connectivity index (χ1v) is 6.01. The third-order valence-corrected chi connectivity index (χ3v) is 3.01. The number of ether oxygens (including phenoxy) is 1. The summed E-state index contributed by atoms with van der Waals surface area (Å²) in [6.45, 7) is 0. The van der Waals surface area contributed by atoms with Crippen molar-refractivity contribution in [1.29, 1.82) is 0 Å². The Balaban J connectivity index is 2.33. The Labute approximate surface area is 116 Å². The van der Waals surface area contributed by atoms with Gasteiger partial charge >= 0.3 is 0 Å². The third kappa shape index (κ3) is 2.79. The maximum atomic E-state index is 6.10. The second-order valence-electron chi connectivity index (χ2n) is 3.54. The summed E-state index contributed by atoms with van der Waals surface area (Å²) in [5, 5.41) is 0.987. The van der Waals surface area contributed by atoms with Crippen LogP contribution in [-0.2, 0) is 0 Å². The van der Waals surface area contributed by atoms with Crippen molar-refractivity contribution in [3.05, 3.63) is 64.1 Å². The molecule has 2 aromatic carbocycles. The van der Waals surface area contributed by atoms with Crippen LogP contribution >= 0.6 is 23.2 Å². The molecule has 0 amide bonds. The molecule has 0 saturated heterocycles. The van der Waals surface area contributed by atoms with Gasteiger partial charge in [0.1, 0.15) is 5.75 Å². The molecule has 0 fully saturated rings. The van der Waals surface area contributed by atoms with Crippen molar-refractivity contribution in [1.82, 2.24) is 0 Å². The molecule has 0 spiro atoms. The summed E-state index contributed by atoms with van der Waals surface area (Å²) in [7, 11) is 0. The van der Waals surface area contributed by atoms with Crippen molar-refractivity contribution < 1.29 is 4.74 Å². The molecule has 0 N–H and O–H groups in total. The van der Waals surface area contributed by atoms with Crippen molar-refractivity contribution in [3.8, 4) is 18.1 Å². The van der Waals surface area contributed by atoms with Crippen molar-refractivity contribution in [3.63, 3.8) is 0 Å². The Morgan fingerprint density at radius 3 is 2.28 bits per heavy atom. The van der Waals surface area contributed by atoms with Crippen LogP contribution in [0, 0.1) is 18.4 Å². The lowest BCUT2D eigenvalue weighted by Gasteiger charge is -2.16. The lowest BCUT2D eigenvalue weighted by atomic mass is 10.1. The molecule has 1 atom stereocenters. The van der Waals surface area contributed by atoms with E-state index >= 15 is 0 Å². The third-order valence-electron chi connectivity index (χ3n) is 2.35. The van der Waals surface area contributed by atoms with Crippen molar-refractivity contribution in [2.24, 2.45) is 0 Å². The number of rotatable bonds is 3. The molecule has 0 aliphatic heterocycles. The minimum Gasteiger partial charge on any atom is -0.473 e. The summed E-state index contributed by atoms with van der Waals surface area (Å²) < 4.78 is 5.69. The van der Waals surface area contributed by atoms with Gasteiger partial charge in [-0.3, -0.25) is 0 Å². The summed E-state index contributed by atoms with van der Waals surface area (Å²) >= 11 is 12.2. The summed E-state index contributed by atoms with van der Waals surface area (Å²) in [4.78, 5) is 0. The summed E-state index contributed by atoms with van der Waals surface area (Å²) in [5.41, 5.74) is 0.608. The van der Waals surface area contributed by atoms with Crippen LogP contribution < -0.4 is 4.74 Å². The van der Waals surface area contributed by atoms with E-state index in [1.54, 1.807) is 42.5 Å². The van der Waals surface area contributed by atoms with Crippen LogP contribution in [0.15, 0.2) is 42.5 Å². The molecule has 18 heavy (non-hydrogen) atoms. The first-order chi connectivity index (χ1) is 8.72. The molecule has 0 aromatic heterocycles. The fraction of sp³-hybridized carbons (Fsp3) is 0.0667. The Hall–Kier alpha value is -1.62. The van der Waals surface area contributed by atoms with Crippen LogP contribution in [0.3, 0.4) is 0 Å². The molecule has 1 nitrogen and oxygen atoms in total. The molecule has 0 heterocycles. The van der Waals surface area contributed by atoms with Crippen molar-refractivity contribution in [2.45, 2.75) is 6.10 Å². The van der Waals surface area contributed by atoms with E-state index in [1.807, 2.05) is 0 Å². The normalized spacial score (nSPS) is 11.6. The van der Waals surface area contributed by atoms with E-state index in [9.17, 15) is 0 Å². The van der Waals surface area contributed by atoms with Crippen LogP contribution in [0.1, 0.15) is 11.7 Å². The number of hydrogen-bond donors (Lipinski definition) is 0. The van der Waals surface area contributed by atoms with Gasteiger partial charge in [-0.25, -0.2) is 0 Å². The number of halogens is 2. The lowest BCUT2D eigenvalue weighted by Crippen LogP contribution is -2.06. The molecule has 1 unspecified atom stereocenters. The van der Waals surface area contributed by atoms with Gasteiger partial charge in [-0.2, -0.15) is 0 Å². The first kappa shape index (κ1) is 12.8. The van der Waals surface area contributed by atoms with Crippen LogP contribution in [-0.4, -0.2) is 0 Å². The second kappa shape index (κ2) is 5.82. The van der Waals surface area contributed by atoms with E-state index in [0.717, 1.165) is 0 Å². The fourth-order valence-corrected chi connectivity index (χ4v) is 2.12. The van der Waals surface area contributed by atoms with Crippen molar-refractivity contribution in [2.75, 3.05) is 0 Å². The molecular formula is C15H9Cl2O. The van der Waals surface area contributed by atoms with Gasteiger partial charge in [0, 0.05) is 15.6 Å². The molecular weight excluding hydrogens is 267 g/mol. The molecule has 3 heteroatoms. The zero-order chi connectivity index (χ0) is 13.0. The van der Waals surface area contributed by atoms with Gasteiger partial charge in [-0.05, 0) is 30.3 Å². The molecule has 0 aliphatic rings. The number of benzene rings is 2. The van der Waals surface area contributed by atoms with Crippen LogP contribution in [0.4, 0.5) is 0 Å². The van der Waals surface area contributed by atoms with Gasteiger partial charge in [0.25, 0.3) is 0 Å². The SMILES string of the molecule is C#CC(Oc1cc[c]cc1)c1c(Cl)cccc1Cl. The molecule has 2 rings (SSSR count). The maximum Gasteiger partial charge on any atom is 0.186 e. The lowest BCUT2D eigenvalue weighted by molar-refractivity contribution is 0.265.